The van der Waals surface area contributed by atoms with Crippen LogP contribution in [0.1, 0.15) is 31.4 Å². The van der Waals surface area contributed by atoms with Crippen LogP contribution in [0.15, 0.2) is 77.7 Å². The number of halogens is 5. The number of hydrogen-bond donors (Lipinski definition) is 1. The Kier molecular flexibility index (Phi) is 10.4. The predicted molar refractivity (Wildman–Crippen MR) is 147 cm³/mol. The van der Waals surface area contributed by atoms with Crippen LogP contribution in [0, 0.1) is 5.82 Å². The van der Waals surface area contributed by atoms with Gasteiger partial charge >= 0.3 is 6.18 Å². The average molecular weight is 614 g/mol. The molecule has 0 heterocycles. The van der Waals surface area contributed by atoms with Gasteiger partial charge in [-0.1, -0.05) is 54.9 Å². The fraction of sp³-hybridized carbons (Fsp3) is 0.286. The lowest BCUT2D eigenvalue weighted by Gasteiger charge is -2.32. The molecule has 41 heavy (non-hydrogen) atoms. The second-order valence-corrected chi connectivity index (χ2v) is 11.3. The Morgan fingerprint density at radius 1 is 1.00 bits per heavy atom. The number of carbonyl (C=O) groups excluding carboxylic acids is 2. The number of nitrogens with one attached hydrogen (secondary N) is 1. The summed E-state index contributed by atoms with van der Waals surface area (Å²) in [5, 5.41) is 1.98. The zero-order chi connectivity index (χ0) is 30.4. The monoisotopic (exact) mass is 613 g/mol. The van der Waals surface area contributed by atoms with E-state index in [1.807, 2.05) is 6.92 Å². The largest absolute Gasteiger partial charge is 0.417 e. The molecule has 0 spiro atoms. The quantitative estimate of drug-likeness (QED) is 0.284. The molecule has 0 fully saturated rings. The van der Waals surface area contributed by atoms with E-state index >= 15 is 0 Å². The molecule has 7 nitrogen and oxygen atoms in total. The summed E-state index contributed by atoms with van der Waals surface area (Å²) in [5.74, 6) is -2.18. The molecule has 0 aliphatic rings. The van der Waals surface area contributed by atoms with Crippen LogP contribution >= 0.6 is 11.6 Å². The van der Waals surface area contributed by atoms with E-state index < -0.39 is 69.2 Å². The summed E-state index contributed by atoms with van der Waals surface area (Å²) in [6, 6.07) is 13.7. The maximum Gasteiger partial charge on any atom is 0.417 e. The Bertz CT molecular complexity index is 1490. The number of nitrogens with zero attached hydrogens (tertiary/aromatic N) is 2. The number of amides is 2. The van der Waals surface area contributed by atoms with Crippen LogP contribution in [-0.2, 0) is 32.3 Å². The van der Waals surface area contributed by atoms with Crippen molar-refractivity contribution in [1.82, 2.24) is 10.2 Å². The van der Waals surface area contributed by atoms with Crippen molar-refractivity contribution in [3.05, 3.63) is 94.8 Å². The molecule has 0 aromatic heterocycles. The van der Waals surface area contributed by atoms with Gasteiger partial charge in [0.1, 0.15) is 18.4 Å². The number of carbonyl (C=O) groups is 2. The highest BCUT2D eigenvalue weighted by Gasteiger charge is 2.37. The van der Waals surface area contributed by atoms with E-state index in [9.17, 15) is 35.6 Å². The van der Waals surface area contributed by atoms with Crippen LogP contribution < -0.4 is 9.62 Å². The number of rotatable bonds is 11. The zero-order valence-corrected chi connectivity index (χ0v) is 23.7. The molecule has 0 bridgehead atoms. The smallest absolute Gasteiger partial charge is 0.354 e. The van der Waals surface area contributed by atoms with E-state index in [0.29, 0.717) is 23.3 Å². The van der Waals surface area contributed by atoms with Crippen LogP contribution in [0.2, 0.25) is 5.02 Å². The van der Waals surface area contributed by atoms with Crippen LogP contribution in [0.25, 0.3) is 0 Å². The van der Waals surface area contributed by atoms with Gasteiger partial charge in [0.05, 0.1) is 21.2 Å². The molecule has 0 saturated heterocycles. The first-order valence-corrected chi connectivity index (χ1v) is 14.3. The first kappa shape index (κ1) is 31.9. The fourth-order valence-electron chi connectivity index (χ4n) is 3.92. The minimum Gasteiger partial charge on any atom is -0.354 e. The van der Waals surface area contributed by atoms with Gasteiger partial charge in [0.25, 0.3) is 10.0 Å². The van der Waals surface area contributed by atoms with Crippen molar-refractivity contribution in [3.8, 4) is 0 Å². The average Bonchev–Trinajstić information content (AvgIpc) is 2.93. The third-order valence-electron chi connectivity index (χ3n) is 6.17. The summed E-state index contributed by atoms with van der Waals surface area (Å²) in [6.45, 7) is 2.12. The molecule has 2 amide bonds. The fourth-order valence-corrected chi connectivity index (χ4v) is 5.57. The highest BCUT2D eigenvalue weighted by Crippen LogP contribution is 2.38. The summed E-state index contributed by atoms with van der Waals surface area (Å²) < 4.78 is 83.5. The third-order valence-corrected chi connectivity index (χ3v) is 8.29. The molecule has 0 radical (unpaired) electrons. The van der Waals surface area contributed by atoms with Crippen molar-refractivity contribution >= 4 is 39.1 Å². The Labute approximate surface area is 240 Å². The lowest BCUT2D eigenvalue weighted by Crippen LogP contribution is -2.51. The number of benzene rings is 3. The van der Waals surface area contributed by atoms with Gasteiger partial charge in [-0.05, 0) is 49.7 Å². The number of alkyl halides is 3. The molecule has 1 atom stereocenters. The SMILES string of the molecule is CCCNC(=O)[C@H](C)N(Cc1ccccc1F)C(=O)CN(c1ccc(Cl)c(C(F)(F)F)c1)S(=O)(=O)c1ccccc1. The van der Waals surface area contributed by atoms with Crippen molar-refractivity contribution in [2.45, 2.75) is 43.9 Å². The number of sulfonamides is 1. The standard InChI is InChI=1S/C28H28ClF4N3O4S/c1-3-15-34-27(38)19(2)35(17-20-9-7-8-12-25(20)30)26(37)18-36(41(39,40)22-10-5-4-6-11-22)21-13-14-24(29)23(16-21)28(31,32)33/h4-14,16,19H,3,15,17-18H2,1-2H3,(H,34,38)/t19-/m0/s1. The molecule has 3 aromatic carbocycles. The summed E-state index contributed by atoms with van der Waals surface area (Å²) in [6.07, 6.45) is -4.32. The van der Waals surface area contributed by atoms with Crippen molar-refractivity contribution in [3.63, 3.8) is 0 Å². The van der Waals surface area contributed by atoms with Gasteiger partial charge < -0.3 is 10.2 Å². The second kappa shape index (κ2) is 13.3. The molecule has 220 valence electrons. The first-order chi connectivity index (χ1) is 19.3. The number of hydrogen-bond acceptors (Lipinski definition) is 4. The third kappa shape index (κ3) is 7.76. The summed E-state index contributed by atoms with van der Waals surface area (Å²) in [7, 11) is -4.60. The minimum atomic E-state index is -4.91. The van der Waals surface area contributed by atoms with Crippen molar-refractivity contribution < 1.29 is 35.6 Å². The van der Waals surface area contributed by atoms with Crippen molar-refractivity contribution in [1.29, 1.82) is 0 Å². The number of anilines is 1. The molecule has 0 saturated carbocycles. The molecule has 3 rings (SSSR count). The van der Waals surface area contributed by atoms with E-state index in [1.54, 1.807) is 6.07 Å². The zero-order valence-electron chi connectivity index (χ0n) is 22.2. The summed E-state index contributed by atoms with van der Waals surface area (Å²) in [5.41, 5.74) is -1.72. The Morgan fingerprint density at radius 3 is 2.24 bits per heavy atom. The molecule has 3 aromatic rings. The lowest BCUT2D eigenvalue weighted by molar-refractivity contribution is -0.139. The Morgan fingerprint density at radius 2 is 1.63 bits per heavy atom. The molecule has 0 aliphatic carbocycles. The molecule has 0 aliphatic heterocycles. The normalized spacial score (nSPS) is 12.5. The van der Waals surface area contributed by atoms with Crippen molar-refractivity contribution in [2.24, 2.45) is 0 Å². The summed E-state index contributed by atoms with van der Waals surface area (Å²) >= 11 is 5.75. The van der Waals surface area contributed by atoms with Crippen molar-refractivity contribution in [2.75, 3.05) is 17.4 Å². The van der Waals surface area contributed by atoms with Gasteiger partial charge in [0.15, 0.2) is 0 Å². The highest BCUT2D eigenvalue weighted by molar-refractivity contribution is 7.92. The van der Waals surface area contributed by atoms with E-state index in [2.05, 4.69) is 5.32 Å². The van der Waals surface area contributed by atoms with Gasteiger partial charge in [0, 0.05) is 18.7 Å². The lowest BCUT2D eigenvalue weighted by atomic mass is 10.1. The van der Waals surface area contributed by atoms with Crippen LogP contribution in [0.5, 0.6) is 0 Å². The van der Waals surface area contributed by atoms with Gasteiger partial charge in [0.2, 0.25) is 11.8 Å². The van der Waals surface area contributed by atoms with E-state index in [4.69, 9.17) is 11.6 Å². The predicted octanol–water partition coefficient (Wildman–Crippen LogP) is 5.64. The Hall–Kier alpha value is -3.64. The second-order valence-electron chi connectivity index (χ2n) is 9.07. The maximum absolute atomic E-state index is 14.5. The van der Waals surface area contributed by atoms with Gasteiger partial charge in [-0.25, -0.2) is 12.8 Å². The topological polar surface area (TPSA) is 86.8 Å². The minimum absolute atomic E-state index is 0.0549. The molecule has 1 N–H and O–H groups in total. The molecular formula is C28H28ClF4N3O4S. The van der Waals surface area contributed by atoms with Crippen LogP contribution in [-0.4, -0.2) is 44.3 Å². The van der Waals surface area contributed by atoms with E-state index in [1.165, 1.54) is 55.5 Å². The molecule has 0 unspecified atom stereocenters. The highest BCUT2D eigenvalue weighted by atomic mass is 35.5. The van der Waals surface area contributed by atoms with Gasteiger partial charge in [-0.3, -0.25) is 13.9 Å². The molecular weight excluding hydrogens is 586 g/mol. The molecule has 13 heteroatoms. The van der Waals surface area contributed by atoms with Crippen LogP contribution in [0.3, 0.4) is 0 Å². The van der Waals surface area contributed by atoms with Gasteiger partial charge in [-0.2, -0.15) is 13.2 Å². The maximum atomic E-state index is 14.5. The van der Waals surface area contributed by atoms with Crippen LogP contribution in [0.4, 0.5) is 23.2 Å². The Balaban J connectivity index is 2.11. The summed E-state index contributed by atoms with van der Waals surface area (Å²) in [4.78, 5) is 27.3. The van der Waals surface area contributed by atoms with E-state index in [-0.39, 0.29) is 10.5 Å². The van der Waals surface area contributed by atoms with E-state index in [0.717, 1.165) is 17.0 Å². The first-order valence-electron chi connectivity index (χ1n) is 12.5. The van der Waals surface area contributed by atoms with Gasteiger partial charge in [-0.15, -0.1) is 0 Å².